The van der Waals surface area contributed by atoms with Crippen molar-refractivity contribution in [3.8, 4) is 0 Å². The van der Waals surface area contributed by atoms with E-state index < -0.39 is 0 Å². The highest BCUT2D eigenvalue weighted by atomic mass is 15.2. The van der Waals surface area contributed by atoms with Crippen molar-refractivity contribution in [2.75, 3.05) is 19.6 Å². The fraction of sp³-hybridized carbons (Fsp3) is 1.00. The van der Waals surface area contributed by atoms with Gasteiger partial charge in [-0.1, -0.05) is 0 Å². The van der Waals surface area contributed by atoms with E-state index in [0.717, 1.165) is 19.1 Å². The summed E-state index contributed by atoms with van der Waals surface area (Å²) >= 11 is 0. The van der Waals surface area contributed by atoms with Crippen LogP contribution in [0.5, 0.6) is 0 Å². The van der Waals surface area contributed by atoms with E-state index >= 15 is 0 Å². The second kappa shape index (κ2) is 8.13. The van der Waals surface area contributed by atoms with Crippen LogP contribution in [0.2, 0.25) is 0 Å². The van der Waals surface area contributed by atoms with Gasteiger partial charge < -0.3 is 10.6 Å². The minimum atomic E-state index is 0.627. The van der Waals surface area contributed by atoms with E-state index in [1.54, 1.807) is 0 Å². The fourth-order valence-corrected chi connectivity index (χ4v) is 3.02. The van der Waals surface area contributed by atoms with Crippen molar-refractivity contribution in [1.82, 2.24) is 15.5 Å². The highest BCUT2D eigenvalue weighted by Gasteiger charge is 2.17. The number of hydrogen-bond donors (Lipinski definition) is 2. The maximum Gasteiger partial charge on any atom is 0.0112 e. The van der Waals surface area contributed by atoms with E-state index in [0.29, 0.717) is 18.1 Å². The van der Waals surface area contributed by atoms with Gasteiger partial charge in [0.05, 0.1) is 0 Å². The van der Waals surface area contributed by atoms with Crippen LogP contribution in [0.15, 0.2) is 0 Å². The summed E-state index contributed by atoms with van der Waals surface area (Å²) in [5, 5.41) is 7.24. The molecule has 0 aromatic rings. The smallest absolute Gasteiger partial charge is 0.0112 e. The van der Waals surface area contributed by atoms with Gasteiger partial charge in [0, 0.05) is 37.3 Å². The lowest BCUT2D eigenvalue weighted by molar-refractivity contribution is 0.173. The summed E-state index contributed by atoms with van der Waals surface area (Å²) in [6.45, 7) is 14.9. The Bertz CT molecular complexity index is 202. The van der Waals surface area contributed by atoms with Gasteiger partial charge in [0.15, 0.2) is 0 Å². The molecule has 1 fully saturated rings. The van der Waals surface area contributed by atoms with Gasteiger partial charge in [-0.3, -0.25) is 4.90 Å². The van der Waals surface area contributed by atoms with E-state index in [2.05, 4.69) is 50.2 Å². The van der Waals surface area contributed by atoms with E-state index in [1.807, 2.05) is 0 Å². The van der Waals surface area contributed by atoms with Crippen molar-refractivity contribution in [2.45, 2.75) is 78.0 Å². The van der Waals surface area contributed by atoms with Gasteiger partial charge in [-0.2, -0.15) is 0 Å². The molecule has 0 spiro atoms. The number of rotatable bonds is 8. The Morgan fingerprint density at radius 2 is 1.83 bits per heavy atom. The predicted octanol–water partition coefficient (Wildman–Crippen LogP) is 2.23. The summed E-state index contributed by atoms with van der Waals surface area (Å²) in [6.07, 6.45) is 3.98. The van der Waals surface area contributed by atoms with E-state index in [9.17, 15) is 0 Å². The molecule has 1 aliphatic rings. The summed E-state index contributed by atoms with van der Waals surface area (Å²) in [4.78, 5) is 2.55. The first kappa shape index (κ1) is 15.9. The van der Waals surface area contributed by atoms with Crippen molar-refractivity contribution in [3.63, 3.8) is 0 Å². The molecular weight excluding hydrogens is 222 g/mol. The molecule has 2 atom stereocenters. The maximum atomic E-state index is 3.67. The maximum absolute atomic E-state index is 3.67. The van der Waals surface area contributed by atoms with Crippen molar-refractivity contribution >= 4 is 0 Å². The molecule has 1 rings (SSSR count). The summed E-state index contributed by atoms with van der Waals surface area (Å²) in [5.74, 6) is 0. The summed E-state index contributed by atoms with van der Waals surface area (Å²) in [6, 6.07) is 2.65. The third-order valence-electron chi connectivity index (χ3n) is 3.99. The monoisotopic (exact) mass is 255 g/mol. The summed E-state index contributed by atoms with van der Waals surface area (Å²) < 4.78 is 0. The van der Waals surface area contributed by atoms with Crippen molar-refractivity contribution < 1.29 is 0 Å². The molecule has 0 aromatic carbocycles. The standard InChI is InChI=1S/C15H33N3/c1-12(2)18(13(3)4)10-9-16-14(5)11-15-7-6-8-17-15/h12-17H,6-11H2,1-5H3. The first-order chi connectivity index (χ1) is 8.50. The Hall–Kier alpha value is -0.120. The van der Waals surface area contributed by atoms with Gasteiger partial charge in [-0.15, -0.1) is 0 Å². The van der Waals surface area contributed by atoms with Crippen LogP contribution in [0.25, 0.3) is 0 Å². The third kappa shape index (κ3) is 5.68. The van der Waals surface area contributed by atoms with Crippen LogP contribution in [0.1, 0.15) is 53.9 Å². The number of nitrogens with zero attached hydrogens (tertiary/aromatic N) is 1. The van der Waals surface area contributed by atoms with Gasteiger partial charge in [0.2, 0.25) is 0 Å². The molecule has 108 valence electrons. The molecule has 0 saturated carbocycles. The van der Waals surface area contributed by atoms with Gasteiger partial charge in [0.25, 0.3) is 0 Å². The molecule has 0 aliphatic carbocycles. The fourth-order valence-electron chi connectivity index (χ4n) is 3.02. The molecule has 1 aliphatic heterocycles. The normalized spacial score (nSPS) is 22.3. The van der Waals surface area contributed by atoms with Crippen LogP contribution in [0, 0.1) is 0 Å². The van der Waals surface area contributed by atoms with Crippen LogP contribution in [0.3, 0.4) is 0 Å². The van der Waals surface area contributed by atoms with Crippen LogP contribution >= 0.6 is 0 Å². The molecule has 0 aromatic heterocycles. The van der Waals surface area contributed by atoms with Crippen LogP contribution in [-0.2, 0) is 0 Å². The van der Waals surface area contributed by atoms with Crippen molar-refractivity contribution in [2.24, 2.45) is 0 Å². The van der Waals surface area contributed by atoms with Gasteiger partial charge in [0.1, 0.15) is 0 Å². The van der Waals surface area contributed by atoms with E-state index in [4.69, 9.17) is 0 Å². The van der Waals surface area contributed by atoms with Crippen molar-refractivity contribution in [1.29, 1.82) is 0 Å². The molecule has 3 nitrogen and oxygen atoms in total. The SMILES string of the molecule is CC(CC1CCCN1)NCCN(C(C)C)C(C)C. The molecule has 0 amide bonds. The molecule has 1 heterocycles. The predicted molar refractivity (Wildman–Crippen MR) is 80.1 cm³/mol. The molecule has 2 N–H and O–H groups in total. The Labute approximate surface area is 114 Å². The van der Waals surface area contributed by atoms with Gasteiger partial charge in [-0.05, 0) is 60.4 Å². The Kier molecular flexibility index (Phi) is 7.20. The topological polar surface area (TPSA) is 27.3 Å². The molecule has 1 saturated heterocycles. The van der Waals surface area contributed by atoms with Crippen LogP contribution in [0.4, 0.5) is 0 Å². The number of nitrogens with one attached hydrogen (secondary N) is 2. The first-order valence-corrected chi connectivity index (χ1v) is 7.73. The molecule has 0 bridgehead atoms. The summed E-state index contributed by atoms with van der Waals surface area (Å²) in [7, 11) is 0. The number of hydrogen-bond acceptors (Lipinski definition) is 3. The molecule has 3 heteroatoms. The molecule has 2 unspecified atom stereocenters. The van der Waals surface area contributed by atoms with E-state index in [-0.39, 0.29) is 0 Å². The van der Waals surface area contributed by atoms with Crippen LogP contribution in [-0.4, -0.2) is 48.7 Å². The lowest BCUT2D eigenvalue weighted by Crippen LogP contribution is -2.43. The average Bonchev–Trinajstić information content (AvgIpc) is 2.75. The Balaban J connectivity index is 2.15. The molecule has 18 heavy (non-hydrogen) atoms. The second-order valence-electron chi connectivity index (χ2n) is 6.31. The minimum absolute atomic E-state index is 0.627. The Morgan fingerprint density at radius 1 is 1.17 bits per heavy atom. The zero-order valence-electron chi connectivity index (χ0n) is 13.0. The Morgan fingerprint density at radius 3 is 2.33 bits per heavy atom. The van der Waals surface area contributed by atoms with Crippen LogP contribution < -0.4 is 10.6 Å². The second-order valence-corrected chi connectivity index (χ2v) is 6.31. The van der Waals surface area contributed by atoms with Gasteiger partial charge in [-0.25, -0.2) is 0 Å². The largest absolute Gasteiger partial charge is 0.314 e. The highest BCUT2D eigenvalue weighted by molar-refractivity contribution is 4.79. The summed E-state index contributed by atoms with van der Waals surface area (Å²) in [5.41, 5.74) is 0. The molecule has 0 radical (unpaired) electrons. The van der Waals surface area contributed by atoms with Gasteiger partial charge >= 0.3 is 0 Å². The van der Waals surface area contributed by atoms with E-state index in [1.165, 1.54) is 25.8 Å². The lowest BCUT2D eigenvalue weighted by Gasteiger charge is -2.31. The third-order valence-corrected chi connectivity index (χ3v) is 3.99. The molecular formula is C15H33N3. The lowest BCUT2D eigenvalue weighted by atomic mass is 10.1. The average molecular weight is 255 g/mol. The zero-order chi connectivity index (χ0) is 13.5. The van der Waals surface area contributed by atoms with Crippen molar-refractivity contribution in [3.05, 3.63) is 0 Å². The zero-order valence-corrected chi connectivity index (χ0v) is 13.0. The quantitative estimate of drug-likeness (QED) is 0.696. The highest BCUT2D eigenvalue weighted by Crippen LogP contribution is 2.10. The first-order valence-electron chi connectivity index (χ1n) is 7.73. The minimum Gasteiger partial charge on any atom is -0.314 e.